The number of hydrogen-bond acceptors (Lipinski definition) is 4. The second-order valence-corrected chi connectivity index (χ2v) is 5.52. The number of morpholine rings is 1. The highest BCUT2D eigenvalue weighted by Gasteiger charge is 2.48. The summed E-state index contributed by atoms with van der Waals surface area (Å²) in [5, 5.41) is 11.9. The van der Waals surface area contributed by atoms with Gasteiger partial charge in [0.25, 0.3) is 0 Å². The Hall–Kier alpha value is -1.83. The predicted octanol–water partition coefficient (Wildman–Crippen LogP) is -0.508. The SMILES string of the molecule is CNC(=O)C1COCCN1C(=O)N1CCCC1(C)C(=O)O. The minimum atomic E-state index is -1.21. The molecular formula is C13H21N3O5. The molecule has 2 unspecified atom stereocenters. The number of nitrogens with one attached hydrogen (secondary N) is 1. The molecule has 2 N–H and O–H groups in total. The molecule has 3 amide bonds. The first-order valence-electron chi connectivity index (χ1n) is 7.03. The lowest BCUT2D eigenvalue weighted by molar-refractivity contribution is -0.147. The summed E-state index contributed by atoms with van der Waals surface area (Å²) in [5.74, 6) is -1.32. The van der Waals surface area contributed by atoms with Gasteiger partial charge in [-0.05, 0) is 19.8 Å². The van der Waals surface area contributed by atoms with Crippen molar-refractivity contribution in [2.75, 3.05) is 33.4 Å². The molecule has 2 saturated heterocycles. The van der Waals surface area contributed by atoms with E-state index < -0.39 is 23.6 Å². The van der Waals surface area contributed by atoms with Gasteiger partial charge in [-0.2, -0.15) is 0 Å². The van der Waals surface area contributed by atoms with E-state index in [0.717, 1.165) is 0 Å². The first-order chi connectivity index (χ1) is 9.91. The van der Waals surface area contributed by atoms with Crippen molar-refractivity contribution < 1.29 is 24.2 Å². The zero-order valence-electron chi connectivity index (χ0n) is 12.3. The third-order valence-electron chi connectivity index (χ3n) is 4.26. The normalized spacial score (nSPS) is 29.3. The van der Waals surface area contributed by atoms with E-state index in [1.165, 1.54) is 16.8 Å². The zero-order valence-corrected chi connectivity index (χ0v) is 12.3. The molecule has 0 aliphatic carbocycles. The third kappa shape index (κ3) is 2.67. The van der Waals surface area contributed by atoms with Crippen LogP contribution in [0.3, 0.4) is 0 Å². The van der Waals surface area contributed by atoms with Gasteiger partial charge in [0.15, 0.2) is 0 Å². The number of urea groups is 1. The van der Waals surface area contributed by atoms with E-state index in [0.29, 0.717) is 26.0 Å². The van der Waals surface area contributed by atoms with Crippen LogP contribution in [0.5, 0.6) is 0 Å². The third-order valence-corrected chi connectivity index (χ3v) is 4.26. The molecule has 8 heteroatoms. The fourth-order valence-electron chi connectivity index (χ4n) is 2.86. The standard InChI is InChI=1S/C13H21N3O5/c1-13(11(18)19)4-3-5-16(13)12(20)15-6-7-21-8-9(15)10(17)14-2/h9H,3-8H2,1-2H3,(H,14,17)(H,18,19). The van der Waals surface area contributed by atoms with Crippen LogP contribution in [0.25, 0.3) is 0 Å². The Balaban J connectivity index is 2.21. The number of aliphatic carboxylic acids is 1. The number of carbonyl (C=O) groups excluding carboxylic acids is 2. The Bertz CT molecular complexity index is 455. The number of carboxylic acid groups (broad SMARTS) is 1. The van der Waals surface area contributed by atoms with Gasteiger partial charge in [0.2, 0.25) is 5.91 Å². The number of carbonyl (C=O) groups is 3. The Morgan fingerprint density at radius 3 is 2.67 bits per heavy atom. The molecule has 2 aliphatic rings. The van der Waals surface area contributed by atoms with Crippen molar-refractivity contribution in [2.45, 2.75) is 31.3 Å². The number of hydrogen-bond donors (Lipinski definition) is 2. The highest BCUT2D eigenvalue weighted by atomic mass is 16.5. The van der Waals surface area contributed by atoms with Crippen molar-refractivity contribution in [3.63, 3.8) is 0 Å². The molecule has 2 atom stereocenters. The maximum absolute atomic E-state index is 12.7. The number of ether oxygens (including phenoxy) is 1. The van der Waals surface area contributed by atoms with Crippen LogP contribution in [-0.4, -0.2) is 77.7 Å². The maximum Gasteiger partial charge on any atom is 0.329 e. The highest BCUT2D eigenvalue weighted by molar-refractivity contribution is 5.90. The molecule has 0 bridgehead atoms. The summed E-state index contributed by atoms with van der Waals surface area (Å²) in [6.45, 7) is 2.69. The molecular weight excluding hydrogens is 278 g/mol. The van der Waals surface area contributed by atoms with E-state index in [1.54, 1.807) is 6.92 Å². The van der Waals surface area contributed by atoms with Crippen LogP contribution in [0.15, 0.2) is 0 Å². The van der Waals surface area contributed by atoms with E-state index in [4.69, 9.17) is 4.74 Å². The molecule has 8 nitrogen and oxygen atoms in total. The summed E-state index contributed by atoms with van der Waals surface area (Å²) in [6, 6.07) is -1.12. The summed E-state index contributed by atoms with van der Waals surface area (Å²) in [7, 11) is 1.50. The van der Waals surface area contributed by atoms with Gasteiger partial charge in [0.1, 0.15) is 11.6 Å². The van der Waals surface area contributed by atoms with E-state index in [2.05, 4.69) is 5.32 Å². The molecule has 2 fully saturated rings. The predicted molar refractivity (Wildman–Crippen MR) is 72.8 cm³/mol. The molecule has 0 saturated carbocycles. The first-order valence-corrected chi connectivity index (χ1v) is 7.03. The molecule has 2 aliphatic heterocycles. The van der Waals surface area contributed by atoms with Gasteiger partial charge < -0.3 is 25.0 Å². The molecule has 2 rings (SSSR count). The van der Waals surface area contributed by atoms with Crippen LogP contribution in [0.1, 0.15) is 19.8 Å². The van der Waals surface area contributed by atoms with Crippen LogP contribution >= 0.6 is 0 Å². The zero-order chi connectivity index (χ0) is 15.6. The summed E-state index contributed by atoms with van der Waals surface area (Å²) < 4.78 is 5.26. The lowest BCUT2D eigenvalue weighted by atomic mass is 9.99. The lowest BCUT2D eigenvalue weighted by Gasteiger charge is -2.40. The van der Waals surface area contributed by atoms with Gasteiger partial charge >= 0.3 is 12.0 Å². The summed E-state index contributed by atoms with van der Waals surface area (Å²) >= 11 is 0. The highest BCUT2D eigenvalue weighted by Crippen LogP contribution is 2.31. The largest absolute Gasteiger partial charge is 0.480 e. The Labute approximate surface area is 123 Å². The van der Waals surface area contributed by atoms with Gasteiger partial charge in [-0.1, -0.05) is 0 Å². The average molecular weight is 299 g/mol. The van der Waals surface area contributed by atoms with Crippen molar-refractivity contribution >= 4 is 17.9 Å². The molecule has 0 aromatic heterocycles. The Morgan fingerprint density at radius 1 is 1.33 bits per heavy atom. The van der Waals surface area contributed by atoms with Crippen molar-refractivity contribution in [3.05, 3.63) is 0 Å². The lowest BCUT2D eigenvalue weighted by Crippen LogP contribution is -2.62. The Morgan fingerprint density at radius 2 is 2.05 bits per heavy atom. The monoisotopic (exact) mass is 299 g/mol. The number of amides is 3. The fourth-order valence-corrected chi connectivity index (χ4v) is 2.86. The van der Waals surface area contributed by atoms with E-state index >= 15 is 0 Å². The Kier molecular flexibility index (Phi) is 4.36. The van der Waals surface area contributed by atoms with Crippen molar-refractivity contribution in [1.29, 1.82) is 0 Å². The molecule has 118 valence electrons. The van der Waals surface area contributed by atoms with Gasteiger partial charge in [0.05, 0.1) is 13.2 Å². The van der Waals surface area contributed by atoms with Crippen molar-refractivity contribution in [3.8, 4) is 0 Å². The number of likely N-dealkylation sites (N-methyl/N-ethyl adjacent to an activating group) is 1. The van der Waals surface area contributed by atoms with Gasteiger partial charge in [-0.25, -0.2) is 9.59 Å². The molecule has 0 radical (unpaired) electrons. The first kappa shape index (κ1) is 15.6. The minimum Gasteiger partial charge on any atom is -0.480 e. The molecule has 2 heterocycles. The number of rotatable bonds is 2. The topological polar surface area (TPSA) is 99.2 Å². The van der Waals surface area contributed by atoms with Gasteiger partial charge in [-0.15, -0.1) is 0 Å². The molecule has 0 aromatic carbocycles. The minimum absolute atomic E-state index is 0.128. The quantitative estimate of drug-likeness (QED) is 0.715. The summed E-state index contributed by atoms with van der Waals surface area (Å²) in [4.78, 5) is 38.8. The number of nitrogens with zero attached hydrogens (tertiary/aromatic N) is 2. The fraction of sp³-hybridized carbons (Fsp3) is 0.769. The van der Waals surface area contributed by atoms with Crippen LogP contribution in [0.2, 0.25) is 0 Å². The maximum atomic E-state index is 12.7. The second-order valence-electron chi connectivity index (χ2n) is 5.52. The number of carboxylic acids is 1. The average Bonchev–Trinajstić information content (AvgIpc) is 2.89. The van der Waals surface area contributed by atoms with Crippen LogP contribution < -0.4 is 5.32 Å². The van der Waals surface area contributed by atoms with Gasteiger partial charge in [0, 0.05) is 20.1 Å². The van der Waals surface area contributed by atoms with E-state index in [1.807, 2.05) is 0 Å². The van der Waals surface area contributed by atoms with E-state index in [-0.39, 0.29) is 19.1 Å². The van der Waals surface area contributed by atoms with Crippen molar-refractivity contribution in [2.24, 2.45) is 0 Å². The summed E-state index contributed by atoms with van der Waals surface area (Å²) in [6.07, 6.45) is 1.06. The van der Waals surface area contributed by atoms with Crippen LogP contribution in [0, 0.1) is 0 Å². The number of likely N-dealkylation sites (tertiary alicyclic amines) is 1. The van der Waals surface area contributed by atoms with Crippen LogP contribution in [0.4, 0.5) is 4.79 Å². The molecule has 0 spiro atoms. The summed E-state index contributed by atoms with van der Waals surface area (Å²) in [5.41, 5.74) is -1.21. The molecule has 21 heavy (non-hydrogen) atoms. The van der Waals surface area contributed by atoms with Crippen molar-refractivity contribution in [1.82, 2.24) is 15.1 Å². The smallest absolute Gasteiger partial charge is 0.329 e. The second kappa shape index (κ2) is 5.88. The van der Waals surface area contributed by atoms with Gasteiger partial charge in [-0.3, -0.25) is 4.79 Å². The molecule has 0 aromatic rings. The van der Waals surface area contributed by atoms with Crippen LogP contribution in [-0.2, 0) is 14.3 Å². The van der Waals surface area contributed by atoms with E-state index in [9.17, 15) is 19.5 Å².